The minimum Gasteiger partial charge on any atom is -0.480 e. The van der Waals surface area contributed by atoms with Crippen LogP contribution in [-0.4, -0.2) is 75.1 Å². The molecule has 1 aliphatic rings. The Labute approximate surface area is 239 Å². The highest BCUT2D eigenvalue weighted by atomic mass is 32.1. The number of carbonyl (C=O) groups is 4. The van der Waals surface area contributed by atoms with Gasteiger partial charge in [0.1, 0.15) is 18.0 Å². The molecule has 4 rings (SSSR count). The number of carboxylic acid groups (broad SMARTS) is 3. The minimum atomic E-state index is -3.05. The number of aryl methyl sites for hydroxylation is 1. The number of benzene rings is 2. The number of hydrogen-bond donors (Lipinski definition) is 3. The van der Waals surface area contributed by atoms with Crippen molar-refractivity contribution in [3.63, 3.8) is 0 Å². The standard InChI is InChI=1S/C29H29NO10S/c1-18(30(16-25(31)32)26(33)24-17-38-29(40-24,27(34)35)28(36)37)23(14-13-22-8-5-15-41-22)19-9-11-21(12-10-19)39-20-6-3-2-4-7-20/h2-12,15,18,23-24H,13-14,16-17H2,1H3,(H,31,32)(H,34,35)(H,36,37). The molecule has 12 heteroatoms. The van der Waals surface area contributed by atoms with E-state index >= 15 is 0 Å². The van der Waals surface area contributed by atoms with Crippen molar-refractivity contribution < 1.29 is 48.7 Å². The van der Waals surface area contributed by atoms with Crippen molar-refractivity contribution in [2.24, 2.45) is 0 Å². The molecule has 1 aromatic heterocycles. The van der Waals surface area contributed by atoms with E-state index in [1.165, 1.54) is 0 Å². The smallest absolute Gasteiger partial charge is 0.377 e. The first-order valence-electron chi connectivity index (χ1n) is 12.8. The summed E-state index contributed by atoms with van der Waals surface area (Å²) < 4.78 is 15.9. The molecule has 3 atom stereocenters. The Morgan fingerprint density at radius 2 is 1.63 bits per heavy atom. The number of rotatable bonds is 13. The molecule has 3 aromatic rings. The lowest BCUT2D eigenvalue weighted by Crippen LogP contribution is -2.52. The molecule has 3 N–H and O–H groups in total. The molecule has 3 unspecified atom stereocenters. The Morgan fingerprint density at radius 3 is 2.20 bits per heavy atom. The molecule has 1 saturated heterocycles. The van der Waals surface area contributed by atoms with E-state index in [2.05, 4.69) is 0 Å². The van der Waals surface area contributed by atoms with E-state index in [0.29, 0.717) is 24.3 Å². The van der Waals surface area contributed by atoms with Gasteiger partial charge < -0.3 is 34.4 Å². The normalized spacial score (nSPS) is 17.3. The van der Waals surface area contributed by atoms with Crippen LogP contribution in [0.5, 0.6) is 11.5 Å². The number of ether oxygens (including phenoxy) is 3. The average molecular weight is 584 g/mol. The molecular formula is C29H29NO10S. The van der Waals surface area contributed by atoms with Crippen molar-refractivity contribution in [2.75, 3.05) is 13.2 Å². The van der Waals surface area contributed by atoms with Crippen LogP contribution < -0.4 is 4.74 Å². The lowest BCUT2D eigenvalue weighted by atomic mass is 9.86. The largest absolute Gasteiger partial charge is 0.480 e. The quantitative estimate of drug-likeness (QED) is 0.252. The first kappa shape index (κ1) is 29.7. The summed E-state index contributed by atoms with van der Waals surface area (Å²) >= 11 is 1.58. The van der Waals surface area contributed by atoms with Crippen molar-refractivity contribution in [1.29, 1.82) is 0 Å². The molecule has 1 amide bonds. The van der Waals surface area contributed by atoms with Crippen molar-refractivity contribution >= 4 is 35.2 Å². The summed E-state index contributed by atoms with van der Waals surface area (Å²) in [5.41, 5.74) is 0.826. The summed E-state index contributed by atoms with van der Waals surface area (Å²) in [4.78, 5) is 50.7. The van der Waals surface area contributed by atoms with Crippen LogP contribution in [0, 0.1) is 0 Å². The third-order valence-electron chi connectivity index (χ3n) is 6.82. The van der Waals surface area contributed by atoms with E-state index in [-0.39, 0.29) is 5.92 Å². The molecule has 1 fully saturated rings. The Kier molecular flexibility index (Phi) is 9.38. The third-order valence-corrected chi connectivity index (χ3v) is 7.75. The fourth-order valence-corrected chi connectivity index (χ4v) is 5.44. The molecule has 1 aliphatic heterocycles. The van der Waals surface area contributed by atoms with Crippen molar-refractivity contribution in [1.82, 2.24) is 4.90 Å². The summed E-state index contributed by atoms with van der Waals surface area (Å²) in [5, 5.41) is 30.4. The predicted octanol–water partition coefficient (Wildman–Crippen LogP) is 3.84. The van der Waals surface area contributed by atoms with E-state index in [1.54, 1.807) is 30.4 Å². The van der Waals surface area contributed by atoms with Crippen LogP contribution in [0.15, 0.2) is 72.1 Å². The van der Waals surface area contributed by atoms with Gasteiger partial charge in [0.05, 0.1) is 6.61 Å². The average Bonchev–Trinajstić information content (AvgIpc) is 3.64. The van der Waals surface area contributed by atoms with Gasteiger partial charge in [0, 0.05) is 16.8 Å². The molecule has 2 aromatic carbocycles. The zero-order chi connectivity index (χ0) is 29.6. The van der Waals surface area contributed by atoms with Crippen LogP contribution >= 0.6 is 11.3 Å². The number of carboxylic acids is 3. The van der Waals surface area contributed by atoms with Crippen LogP contribution in [0.3, 0.4) is 0 Å². The number of carbonyl (C=O) groups excluding carboxylic acids is 1. The lowest BCUT2D eigenvalue weighted by molar-refractivity contribution is -0.218. The number of hydrogen-bond acceptors (Lipinski definition) is 8. The maximum Gasteiger partial charge on any atom is 0.377 e. The van der Waals surface area contributed by atoms with E-state index in [9.17, 15) is 34.5 Å². The van der Waals surface area contributed by atoms with Crippen LogP contribution in [0.2, 0.25) is 0 Å². The van der Waals surface area contributed by atoms with Crippen molar-refractivity contribution in [2.45, 2.75) is 43.6 Å². The highest BCUT2D eigenvalue weighted by Crippen LogP contribution is 2.33. The number of amides is 1. The zero-order valence-corrected chi connectivity index (χ0v) is 22.9. The maximum absolute atomic E-state index is 13.5. The third kappa shape index (κ3) is 6.91. The van der Waals surface area contributed by atoms with Crippen LogP contribution in [0.1, 0.15) is 29.7 Å². The van der Waals surface area contributed by atoms with Gasteiger partial charge in [0.2, 0.25) is 0 Å². The number of aliphatic carboxylic acids is 3. The first-order valence-corrected chi connectivity index (χ1v) is 13.6. The highest BCUT2D eigenvalue weighted by molar-refractivity contribution is 7.09. The van der Waals surface area contributed by atoms with Crippen molar-refractivity contribution in [3.05, 3.63) is 82.6 Å². The predicted molar refractivity (Wildman–Crippen MR) is 146 cm³/mol. The van der Waals surface area contributed by atoms with Gasteiger partial charge in [0.15, 0.2) is 6.10 Å². The topological polar surface area (TPSA) is 160 Å². The van der Waals surface area contributed by atoms with E-state index in [1.807, 2.05) is 60.0 Å². The summed E-state index contributed by atoms with van der Waals surface area (Å²) in [6.45, 7) is 0.328. The van der Waals surface area contributed by atoms with Crippen LogP contribution in [-0.2, 0) is 35.1 Å². The second-order valence-electron chi connectivity index (χ2n) is 9.45. The molecule has 0 spiro atoms. The molecule has 11 nitrogen and oxygen atoms in total. The fourth-order valence-electron chi connectivity index (χ4n) is 4.72. The fraction of sp³-hybridized carbons (Fsp3) is 0.310. The summed E-state index contributed by atoms with van der Waals surface area (Å²) in [6, 6.07) is 19.8. The van der Waals surface area contributed by atoms with E-state index in [4.69, 9.17) is 14.2 Å². The number of thiophene rings is 1. The maximum atomic E-state index is 13.5. The second kappa shape index (κ2) is 12.9. The molecular weight excluding hydrogens is 554 g/mol. The van der Waals surface area contributed by atoms with Gasteiger partial charge in [-0.15, -0.1) is 11.3 Å². The molecule has 0 radical (unpaired) electrons. The Bertz CT molecular complexity index is 1350. The summed E-state index contributed by atoms with van der Waals surface area (Å²) in [6.07, 6.45) is -0.405. The molecule has 0 bridgehead atoms. The second-order valence-corrected chi connectivity index (χ2v) is 10.5. The van der Waals surface area contributed by atoms with Gasteiger partial charge in [0.25, 0.3) is 5.91 Å². The van der Waals surface area contributed by atoms with E-state index in [0.717, 1.165) is 15.3 Å². The lowest BCUT2D eigenvalue weighted by Gasteiger charge is -2.35. The number of para-hydroxylation sites is 1. The monoisotopic (exact) mass is 583 g/mol. The summed E-state index contributed by atoms with van der Waals surface area (Å²) in [5.74, 6) is -8.17. The van der Waals surface area contributed by atoms with Gasteiger partial charge in [-0.05, 0) is 61.0 Å². The highest BCUT2D eigenvalue weighted by Gasteiger charge is 2.58. The molecule has 216 valence electrons. The minimum absolute atomic E-state index is 0.350. The van der Waals surface area contributed by atoms with Crippen molar-refractivity contribution in [3.8, 4) is 11.5 Å². The molecule has 0 saturated carbocycles. The van der Waals surface area contributed by atoms with Gasteiger partial charge in [-0.2, -0.15) is 0 Å². The van der Waals surface area contributed by atoms with Gasteiger partial charge in [-0.3, -0.25) is 9.59 Å². The van der Waals surface area contributed by atoms with Gasteiger partial charge in [-0.1, -0.05) is 36.4 Å². The SMILES string of the molecule is CC(C(CCc1cccs1)c1ccc(Oc2ccccc2)cc1)N(CC(=O)O)C(=O)C1COC(C(=O)O)(C(=O)O)O1. The van der Waals surface area contributed by atoms with Gasteiger partial charge >= 0.3 is 23.7 Å². The summed E-state index contributed by atoms with van der Waals surface area (Å²) in [7, 11) is 0. The van der Waals surface area contributed by atoms with E-state index < -0.39 is 54.9 Å². The first-order chi connectivity index (χ1) is 19.6. The zero-order valence-electron chi connectivity index (χ0n) is 22.0. The molecule has 2 heterocycles. The Morgan fingerprint density at radius 1 is 0.976 bits per heavy atom. The molecule has 0 aliphatic carbocycles. The Hall–Kier alpha value is -4.26. The van der Waals surface area contributed by atoms with Crippen LogP contribution in [0.4, 0.5) is 0 Å². The van der Waals surface area contributed by atoms with Gasteiger partial charge in [-0.25, -0.2) is 9.59 Å². The van der Waals surface area contributed by atoms with Crippen LogP contribution in [0.25, 0.3) is 0 Å². The molecule has 41 heavy (non-hydrogen) atoms. The Balaban J connectivity index is 1.60. The number of nitrogens with zero attached hydrogens (tertiary/aromatic N) is 1.